The molecule has 3 rings (SSSR count). The number of piperidine rings is 1. The molecule has 0 saturated carbocycles. The van der Waals surface area contributed by atoms with Crippen LogP contribution in [0.25, 0.3) is 0 Å². The smallest absolute Gasteiger partial charge is 0.412 e. The van der Waals surface area contributed by atoms with Gasteiger partial charge in [0.05, 0.1) is 17.4 Å². The summed E-state index contributed by atoms with van der Waals surface area (Å²) in [5, 5.41) is 3.11. The Kier molecular flexibility index (Phi) is 9.30. The summed E-state index contributed by atoms with van der Waals surface area (Å²) in [6.07, 6.45) is 2.61. The third kappa shape index (κ3) is 8.33. The van der Waals surface area contributed by atoms with Gasteiger partial charge >= 0.3 is 12.2 Å². The fourth-order valence-corrected chi connectivity index (χ4v) is 4.53. The predicted molar refractivity (Wildman–Crippen MR) is 145 cm³/mol. The zero-order valence-electron chi connectivity index (χ0n) is 22.8. The van der Waals surface area contributed by atoms with Crippen molar-refractivity contribution in [2.45, 2.75) is 84.5 Å². The van der Waals surface area contributed by atoms with Crippen LogP contribution >= 0.6 is 23.2 Å². The summed E-state index contributed by atoms with van der Waals surface area (Å²) < 4.78 is 17.0. The number of aromatic nitrogens is 3. The van der Waals surface area contributed by atoms with Gasteiger partial charge in [0.1, 0.15) is 33.9 Å². The molecule has 38 heavy (non-hydrogen) atoms. The second kappa shape index (κ2) is 11.9. The van der Waals surface area contributed by atoms with Crippen molar-refractivity contribution < 1.29 is 23.8 Å². The SMILES string of the molecule is CC(Oc1cnc(C2CCN(C(=O)OC(C)(C)C)CC2)cc1NC(=O)OC(C)(C)C)c1c(Cl)ncnc1Cl. The second-order valence-electron chi connectivity index (χ2n) is 11.1. The summed E-state index contributed by atoms with van der Waals surface area (Å²) in [4.78, 5) is 39.3. The maximum Gasteiger partial charge on any atom is 0.412 e. The molecule has 1 aliphatic rings. The van der Waals surface area contributed by atoms with Crippen molar-refractivity contribution in [2.24, 2.45) is 0 Å². The van der Waals surface area contributed by atoms with Gasteiger partial charge in [-0.3, -0.25) is 10.3 Å². The first-order valence-corrected chi connectivity index (χ1v) is 13.2. The minimum atomic E-state index is -0.689. The lowest BCUT2D eigenvalue weighted by molar-refractivity contribution is 0.0203. The number of ether oxygens (including phenoxy) is 3. The van der Waals surface area contributed by atoms with E-state index in [-0.39, 0.29) is 22.3 Å². The van der Waals surface area contributed by atoms with Crippen molar-refractivity contribution in [1.82, 2.24) is 19.9 Å². The topological polar surface area (TPSA) is 116 Å². The zero-order chi connectivity index (χ0) is 28.3. The van der Waals surface area contributed by atoms with Crippen LogP contribution in [-0.4, -0.2) is 56.3 Å². The van der Waals surface area contributed by atoms with Crippen LogP contribution in [-0.2, 0) is 9.47 Å². The Labute approximate surface area is 233 Å². The van der Waals surface area contributed by atoms with E-state index in [0.29, 0.717) is 42.9 Å². The lowest BCUT2D eigenvalue weighted by Crippen LogP contribution is -2.41. The summed E-state index contributed by atoms with van der Waals surface area (Å²) in [6.45, 7) is 13.7. The number of nitrogens with one attached hydrogen (secondary N) is 1. The molecular weight excluding hydrogens is 533 g/mol. The average Bonchev–Trinajstić information content (AvgIpc) is 2.78. The van der Waals surface area contributed by atoms with Crippen LogP contribution < -0.4 is 10.1 Å². The Morgan fingerprint density at radius 2 is 1.58 bits per heavy atom. The van der Waals surface area contributed by atoms with E-state index in [9.17, 15) is 9.59 Å². The molecule has 3 heterocycles. The summed E-state index contributed by atoms with van der Waals surface area (Å²) >= 11 is 12.5. The predicted octanol–water partition coefficient (Wildman–Crippen LogP) is 6.78. The molecule has 1 aliphatic heterocycles. The van der Waals surface area contributed by atoms with Gasteiger partial charge in [0.2, 0.25) is 0 Å². The zero-order valence-corrected chi connectivity index (χ0v) is 24.3. The Morgan fingerprint density at radius 3 is 2.13 bits per heavy atom. The van der Waals surface area contributed by atoms with Crippen molar-refractivity contribution >= 4 is 41.1 Å². The Balaban J connectivity index is 1.81. The number of likely N-dealkylation sites (tertiary alicyclic amines) is 1. The van der Waals surface area contributed by atoms with Crippen molar-refractivity contribution in [1.29, 1.82) is 0 Å². The number of hydrogen-bond donors (Lipinski definition) is 1. The highest BCUT2D eigenvalue weighted by Gasteiger charge is 2.29. The standard InChI is InChI=1S/C26H35Cl2N5O5/c1-15(20-21(27)30-14-31-22(20)28)36-19-13-29-17(12-18(19)32-23(34)37-25(2,3)4)16-8-10-33(11-9-16)24(35)38-26(5,6)7/h12-16H,8-11H2,1-7H3,(H,29,32,34). The van der Waals surface area contributed by atoms with E-state index in [2.05, 4.69) is 20.3 Å². The first-order valence-electron chi connectivity index (χ1n) is 12.4. The van der Waals surface area contributed by atoms with Crippen LogP contribution in [0.2, 0.25) is 10.3 Å². The molecule has 208 valence electrons. The van der Waals surface area contributed by atoms with E-state index in [4.69, 9.17) is 37.4 Å². The van der Waals surface area contributed by atoms with E-state index in [0.717, 1.165) is 5.69 Å². The molecule has 1 saturated heterocycles. The fraction of sp³-hybridized carbons (Fsp3) is 0.577. The van der Waals surface area contributed by atoms with Gasteiger partial charge in [-0.15, -0.1) is 0 Å². The van der Waals surface area contributed by atoms with E-state index >= 15 is 0 Å². The monoisotopic (exact) mass is 567 g/mol. The maximum atomic E-state index is 12.6. The number of carbonyl (C=O) groups excluding carboxylic acids is 2. The van der Waals surface area contributed by atoms with E-state index in [1.54, 1.807) is 44.9 Å². The van der Waals surface area contributed by atoms with Crippen molar-refractivity contribution in [2.75, 3.05) is 18.4 Å². The Morgan fingerprint density at radius 1 is 1.00 bits per heavy atom. The summed E-state index contributed by atoms with van der Waals surface area (Å²) in [5.41, 5.74) is 0.322. The van der Waals surface area contributed by atoms with Crippen LogP contribution in [0.15, 0.2) is 18.6 Å². The lowest BCUT2D eigenvalue weighted by Gasteiger charge is -2.33. The van der Waals surface area contributed by atoms with Crippen LogP contribution in [0.5, 0.6) is 5.75 Å². The molecule has 0 radical (unpaired) electrons. The molecule has 10 nitrogen and oxygen atoms in total. The van der Waals surface area contributed by atoms with Gasteiger partial charge in [0.25, 0.3) is 0 Å². The van der Waals surface area contributed by atoms with Crippen LogP contribution in [0.3, 0.4) is 0 Å². The number of anilines is 1. The Bertz CT molecular complexity index is 1140. The molecule has 2 aromatic heterocycles. The second-order valence-corrected chi connectivity index (χ2v) is 11.8. The van der Waals surface area contributed by atoms with Crippen molar-refractivity contribution in [3.05, 3.63) is 40.2 Å². The normalized spacial score (nSPS) is 15.6. The van der Waals surface area contributed by atoms with Crippen LogP contribution in [0.1, 0.15) is 84.6 Å². The van der Waals surface area contributed by atoms with E-state index < -0.39 is 23.4 Å². The highest BCUT2D eigenvalue weighted by Crippen LogP contribution is 2.36. The lowest BCUT2D eigenvalue weighted by atomic mass is 9.93. The van der Waals surface area contributed by atoms with Gasteiger partial charge in [-0.1, -0.05) is 23.2 Å². The van der Waals surface area contributed by atoms with Gasteiger partial charge < -0.3 is 19.1 Å². The third-order valence-electron chi connectivity index (χ3n) is 5.59. The fourth-order valence-electron chi connectivity index (χ4n) is 3.91. The van der Waals surface area contributed by atoms with E-state index in [1.165, 1.54) is 6.33 Å². The molecule has 1 unspecified atom stereocenters. The number of carbonyl (C=O) groups is 2. The number of amides is 2. The highest BCUT2D eigenvalue weighted by atomic mass is 35.5. The first kappa shape index (κ1) is 29.7. The summed E-state index contributed by atoms with van der Waals surface area (Å²) in [7, 11) is 0. The summed E-state index contributed by atoms with van der Waals surface area (Å²) in [5.74, 6) is 0.375. The molecule has 0 spiro atoms. The van der Waals surface area contributed by atoms with Crippen LogP contribution in [0.4, 0.5) is 15.3 Å². The molecule has 1 fully saturated rings. The molecule has 0 aliphatic carbocycles. The van der Waals surface area contributed by atoms with Crippen molar-refractivity contribution in [3.8, 4) is 5.75 Å². The molecule has 1 N–H and O–H groups in total. The first-order chi connectivity index (χ1) is 17.6. The minimum absolute atomic E-state index is 0.0748. The Hall–Kier alpha value is -2.85. The molecule has 0 aromatic carbocycles. The highest BCUT2D eigenvalue weighted by molar-refractivity contribution is 6.34. The van der Waals surface area contributed by atoms with Gasteiger partial charge in [0.15, 0.2) is 5.75 Å². The van der Waals surface area contributed by atoms with Crippen molar-refractivity contribution in [3.63, 3.8) is 0 Å². The average molecular weight is 569 g/mol. The largest absolute Gasteiger partial charge is 0.482 e. The van der Waals surface area contributed by atoms with Gasteiger partial charge in [-0.25, -0.2) is 19.6 Å². The molecule has 12 heteroatoms. The molecule has 1 atom stereocenters. The van der Waals surface area contributed by atoms with Gasteiger partial charge in [-0.05, 0) is 67.4 Å². The number of halogens is 2. The summed E-state index contributed by atoms with van der Waals surface area (Å²) in [6, 6.07) is 1.77. The number of hydrogen-bond acceptors (Lipinski definition) is 8. The molecular formula is C26H35Cl2N5O5. The maximum absolute atomic E-state index is 12.6. The molecule has 2 amide bonds. The number of nitrogens with zero attached hydrogens (tertiary/aromatic N) is 4. The van der Waals surface area contributed by atoms with E-state index in [1.807, 2.05) is 20.8 Å². The number of rotatable bonds is 5. The molecule has 0 bridgehead atoms. The molecule has 2 aromatic rings. The quantitative estimate of drug-likeness (QED) is 0.393. The number of pyridine rings is 1. The van der Waals surface area contributed by atoms with Gasteiger partial charge in [-0.2, -0.15) is 0 Å². The minimum Gasteiger partial charge on any atom is -0.482 e. The van der Waals surface area contributed by atoms with Gasteiger partial charge in [0, 0.05) is 24.7 Å². The van der Waals surface area contributed by atoms with Crippen LogP contribution in [0, 0.1) is 0 Å². The third-order valence-corrected chi connectivity index (χ3v) is 6.19.